The smallest absolute Gasteiger partial charge is 0.226 e. The quantitative estimate of drug-likeness (QED) is 0.794. The van der Waals surface area contributed by atoms with Gasteiger partial charge in [0.05, 0.1) is 25.0 Å². The van der Waals surface area contributed by atoms with Crippen molar-refractivity contribution in [2.75, 3.05) is 32.8 Å². The van der Waals surface area contributed by atoms with E-state index in [1.54, 1.807) is 0 Å². The SMILES string of the molecule is CCN(Cc1ccccc1)C(=O)C1CC1C(=O)N1CCC2(CC1)OCCO2. The van der Waals surface area contributed by atoms with Crippen molar-refractivity contribution < 1.29 is 19.1 Å². The zero-order valence-electron chi connectivity index (χ0n) is 15.9. The highest BCUT2D eigenvalue weighted by Crippen LogP contribution is 2.43. The van der Waals surface area contributed by atoms with Crippen LogP contribution in [0.25, 0.3) is 0 Å². The minimum absolute atomic E-state index is 0.107. The summed E-state index contributed by atoms with van der Waals surface area (Å²) in [5.74, 6) is -0.546. The first-order valence-electron chi connectivity index (χ1n) is 10.0. The molecule has 1 spiro atoms. The van der Waals surface area contributed by atoms with Crippen molar-refractivity contribution in [1.29, 1.82) is 0 Å². The summed E-state index contributed by atoms with van der Waals surface area (Å²) < 4.78 is 11.5. The molecular weight excluding hydrogens is 344 g/mol. The summed E-state index contributed by atoms with van der Waals surface area (Å²) in [4.78, 5) is 29.4. The number of rotatable bonds is 5. The molecule has 6 nitrogen and oxygen atoms in total. The maximum absolute atomic E-state index is 12.9. The molecule has 146 valence electrons. The summed E-state index contributed by atoms with van der Waals surface area (Å²) >= 11 is 0. The van der Waals surface area contributed by atoms with Crippen LogP contribution in [0.3, 0.4) is 0 Å². The van der Waals surface area contributed by atoms with E-state index >= 15 is 0 Å². The molecule has 0 radical (unpaired) electrons. The van der Waals surface area contributed by atoms with Crippen molar-refractivity contribution >= 4 is 11.8 Å². The van der Waals surface area contributed by atoms with E-state index in [-0.39, 0.29) is 23.7 Å². The monoisotopic (exact) mass is 372 g/mol. The van der Waals surface area contributed by atoms with Gasteiger partial charge in [-0.15, -0.1) is 0 Å². The average Bonchev–Trinajstić information content (AvgIpc) is 3.39. The number of ether oxygens (including phenoxy) is 2. The first-order chi connectivity index (χ1) is 13.1. The van der Waals surface area contributed by atoms with Crippen LogP contribution < -0.4 is 0 Å². The molecule has 2 amide bonds. The van der Waals surface area contributed by atoms with Gasteiger partial charge in [0, 0.05) is 39.0 Å². The predicted molar refractivity (Wildman–Crippen MR) is 99.6 cm³/mol. The predicted octanol–water partition coefficient (Wildman–Crippen LogP) is 2.04. The third-order valence-corrected chi connectivity index (χ3v) is 5.98. The lowest BCUT2D eigenvalue weighted by Crippen LogP contribution is -2.48. The Morgan fingerprint density at radius 3 is 2.41 bits per heavy atom. The normalized spacial score (nSPS) is 26.2. The fourth-order valence-corrected chi connectivity index (χ4v) is 4.21. The fourth-order valence-electron chi connectivity index (χ4n) is 4.21. The first kappa shape index (κ1) is 18.4. The van der Waals surface area contributed by atoms with Gasteiger partial charge in [-0.1, -0.05) is 30.3 Å². The Balaban J connectivity index is 1.30. The highest BCUT2D eigenvalue weighted by molar-refractivity contribution is 5.92. The second-order valence-corrected chi connectivity index (χ2v) is 7.72. The van der Waals surface area contributed by atoms with Crippen molar-refractivity contribution in [3.8, 4) is 0 Å². The van der Waals surface area contributed by atoms with Crippen molar-refractivity contribution in [3.05, 3.63) is 35.9 Å². The third kappa shape index (κ3) is 3.87. The molecule has 0 aromatic heterocycles. The van der Waals surface area contributed by atoms with Gasteiger partial charge >= 0.3 is 0 Å². The molecule has 1 aromatic rings. The summed E-state index contributed by atoms with van der Waals surface area (Å²) in [6, 6.07) is 10.0. The molecule has 2 atom stereocenters. The number of hydrogen-bond donors (Lipinski definition) is 0. The molecule has 6 heteroatoms. The zero-order valence-corrected chi connectivity index (χ0v) is 15.9. The van der Waals surface area contributed by atoms with Crippen LogP contribution in [-0.4, -0.2) is 60.2 Å². The number of likely N-dealkylation sites (tertiary alicyclic amines) is 1. The van der Waals surface area contributed by atoms with Crippen LogP contribution in [0, 0.1) is 11.8 Å². The Hall–Kier alpha value is -1.92. The van der Waals surface area contributed by atoms with Gasteiger partial charge < -0.3 is 19.3 Å². The van der Waals surface area contributed by atoms with Crippen molar-refractivity contribution in [1.82, 2.24) is 9.80 Å². The van der Waals surface area contributed by atoms with Crippen LogP contribution in [0.15, 0.2) is 30.3 Å². The number of carbonyl (C=O) groups excluding carboxylic acids is 2. The fraction of sp³-hybridized carbons (Fsp3) is 0.619. The van der Waals surface area contributed by atoms with E-state index < -0.39 is 5.79 Å². The Morgan fingerprint density at radius 2 is 1.78 bits per heavy atom. The van der Waals surface area contributed by atoms with Gasteiger partial charge in [0.1, 0.15) is 0 Å². The third-order valence-electron chi connectivity index (χ3n) is 5.98. The summed E-state index contributed by atoms with van der Waals surface area (Å²) in [7, 11) is 0. The Labute approximate surface area is 160 Å². The molecule has 27 heavy (non-hydrogen) atoms. The summed E-state index contributed by atoms with van der Waals surface area (Å²) in [5, 5.41) is 0. The van der Waals surface area contributed by atoms with Crippen LogP contribution in [0.2, 0.25) is 0 Å². The van der Waals surface area contributed by atoms with Gasteiger partial charge in [-0.05, 0) is 18.9 Å². The van der Waals surface area contributed by atoms with Gasteiger partial charge in [0.15, 0.2) is 5.79 Å². The van der Waals surface area contributed by atoms with E-state index in [4.69, 9.17) is 9.47 Å². The second-order valence-electron chi connectivity index (χ2n) is 7.72. The highest BCUT2D eigenvalue weighted by atomic mass is 16.7. The molecule has 0 bridgehead atoms. The van der Waals surface area contributed by atoms with Gasteiger partial charge in [0.2, 0.25) is 11.8 Å². The second kappa shape index (κ2) is 7.60. The molecule has 4 rings (SSSR count). The van der Waals surface area contributed by atoms with Gasteiger partial charge in [-0.3, -0.25) is 9.59 Å². The number of piperidine rings is 1. The molecule has 3 fully saturated rings. The molecule has 2 aliphatic heterocycles. The Morgan fingerprint density at radius 1 is 1.11 bits per heavy atom. The average molecular weight is 372 g/mol. The van der Waals surface area contributed by atoms with E-state index in [9.17, 15) is 9.59 Å². The number of benzene rings is 1. The van der Waals surface area contributed by atoms with E-state index in [1.807, 2.05) is 47.1 Å². The molecule has 1 aromatic carbocycles. The molecule has 2 heterocycles. The van der Waals surface area contributed by atoms with Gasteiger partial charge in [-0.25, -0.2) is 0 Å². The molecule has 0 N–H and O–H groups in total. The standard InChI is InChI=1S/C21H28N2O4/c1-2-22(15-16-6-4-3-5-7-16)19(24)17-14-18(17)20(25)23-10-8-21(9-11-23)26-12-13-27-21/h3-7,17-18H,2,8-15H2,1H3. The highest BCUT2D eigenvalue weighted by Gasteiger charge is 2.52. The van der Waals surface area contributed by atoms with Crippen LogP contribution in [0.4, 0.5) is 0 Å². The molecule has 1 saturated carbocycles. The maximum atomic E-state index is 12.9. The lowest BCUT2D eigenvalue weighted by molar-refractivity contribution is -0.187. The maximum Gasteiger partial charge on any atom is 0.226 e. The van der Waals surface area contributed by atoms with Crippen LogP contribution in [0.1, 0.15) is 31.7 Å². The lowest BCUT2D eigenvalue weighted by Gasteiger charge is -2.37. The molecule has 2 unspecified atom stereocenters. The zero-order chi connectivity index (χ0) is 18.9. The number of carbonyl (C=O) groups is 2. The van der Waals surface area contributed by atoms with E-state index in [2.05, 4.69) is 0 Å². The van der Waals surface area contributed by atoms with E-state index in [0.29, 0.717) is 45.8 Å². The summed E-state index contributed by atoms with van der Waals surface area (Å²) in [5.41, 5.74) is 1.12. The Bertz CT molecular complexity index is 677. The molecular formula is C21H28N2O4. The van der Waals surface area contributed by atoms with E-state index in [0.717, 1.165) is 18.4 Å². The number of nitrogens with zero attached hydrogens (tertiary/aromatic N) is 2. The largest absolute Gasteiger partial charge is 0.347 e. The van der Waals surface area contributed by atoms with Crippen molar-refractivity contribution in [3.63, 3.8) is 0 Å². The summed E-state index contributed by atoms with van der Waals surface area (Å²) in [6.45, 7) is 5.84. The van der Waals surface area contributed by atoms with Gasteiger partial charge in [-0.2, -0.15) is 0 Å². The van der Waals surface area contributed by atoms with E-state index in [1.165, 1.54) is 0 Å². The molecule has 1 aliphatic carbocycles. The number of amides is 2. The Kier molecular flexibility index (Phi) is 5.19. The number of hydrogen-bond acceptors (Lipinski definition) is 4. The minimum Gasteiger partial charge on any atom is -0.347 e. The van der Waals surface area contributed by atoms with Crippen molar-refractivity contribution in [2.24, 2.45) is 11.8 Å². The minimum atomic E-state index is -0.468. The first-order valence-corrected chi connectivity index (χ1v) is 10.0. The van der Waals surface area contributed by atoms with Crippen LogP contribution >= 0.6 is 0 Å². The van der Waals surface area contributed by atoms with Crippen LogP contribution in [0.5, 0.6) is 0 Å². The lowest BCUT2D eigenvalue weighted by atomic mass is 10.0. The van der Waals surface area contributed by atoms with Crippen molar-refractivity contribution in [2.45, 2.75) is 38.5 Å². The topological polar surface area (TPSA) is 59.1 Å². The molecule has 3 aliphatic rings. The molecule has 2 saturated heterocycles. The van der Waals surface area contributed by atoms with Gasteiger partial charge in [0.25, 0.3) is 0 Å². The van der Waals surface area contributed by atoms with Crippen LogP contribution in [-0.2, 0) is 25.6 Å². The summed E-state index contributed by atoms with van der Waals surface area (Å²) in [6.07, 6.45) is 2.12.